The maximum atomic E-state index is 11.5. The molecule has 0 radical (unpaired) electrons. The minimum atomic E-state index is -0.826. The molecule has 0 aromatic carbocycles. The molecule has 3 rings (SSSR count). The van der Waals surface area contributed by atoms with E-state index in [-0.39, 0.29) is 0 Å². The van der Waals surface area contributed by atoms with Crippen LogP contribution >= 0.6 is 0 Å². The number of piperazine rings is 1. The van der Waals surface area contributed by atoms with Crippen molar-refractivity contribution in [2.45, 2.75) is 63.1 Å². The smallest absolute Gasteiger partial charge is 0.308 e. The number of carboxylic acid groups (broad SMARTS) is 1. The lowest BCUT2D eigenvalue weighted by Gasteiger charge is -2.48. The summed E-state index contributed by atoms with van der Waals surface area (Å²) in [6.07, 6.45) is 6.62. The van der Waals surface area contributed by atoms with Crippen molar-refractivity contribution in [2.24, 2.45) is 5.92 Å². The van der Waals surface area contributed by atoms with Gasteiger partial charge in [-0.15, -0.1) is 0 Å². The summed E-state index contributed by atoms with van der Waals surface area (Å²) in [5, 5.41) is 15.7. The highest BCUT2D eigenvalue weighted by molar-refractivity contribution is 5.72. The van der Waals surface area contributed by atoms with Crippen molar-refractivity contribution in [1.29, 1.82) is 0 Å². The predicted molar refractivity (Wildman–Crippen MR) is 100 cm³/mol. The normalized spacial score (nSPS) is 33.5. The molecule has 148 valence electrons. The number of aliphatic carboxylic acids is 1. The van der Waals surface area contributed by atoms with Crippen LogP contribution in [0.5, 0.6) is 0 Å². The van der Waals surface area contributed by atoms with Crippen molar-refractivity contribution in [3.8, 4) is 0 Å². The van der Waals surface area contributed by atoms with Gasteiger partial charge < -0.3 is 15.7 Å². The number of carbonyl (C=O) groups excluding carboxylic acids is 1. The van der Waals surface area contributed by atoms with Gasteiger partial charge in [0.25, 0.3) is 0 Å². The van der Waals surface area contributed by atoms with E-state index in [2.05, 4.69) is 20.4 Å². The van der Waals surface area contributed by atoms with Gasteiger partial charge in [-0.1, -0.05) is 0 Å². The Balaban J connectivity index is 1.50. The van der Waals surface area contributed by atoms with Crippen molar-refractivity contribution in [2.75, 3.05) is 39.3 Å². The fourth-order valence-electron chi connectivity index (χ4n) is 5.18. The number of nitrogens with zero attached hydrogens (tertiary/aromatic N) is 2. The van der Waals surface area contributed by atoms with E-state index in [4.69, 9.17) is 0 Å². The fourth-order valence-corrected chi connectivity index (χ4v) is 5.18. The summed E-state index contributed by atoms with van der Waals surface area (Å²) < 4.78 is 0. The van der Waals surface area contributed by atoms with E-state index in [1.54, 1.807) is 6.92 Å². The monoisotopic (exact) mass is 366 g/mol. The van der Waals surface area contributed by atoms with Crippen molar-refractivity contribution < 1.29 is 14.7 Å². The largest absolute Gasteiger partial charge is 0.481 e. The molecule has 2 heterocycles. The lowest BCUT2D eigenvalue weighted by Crippen LogP contribution is -2.59. The second-order valence-electron chi connectivity index (χ2n) is 8.26. The van der Waals surface area contributed by atoms with Gasteiger partial charge in [-0.2, -0.15) is 0 Å². The average Bonchev–Trinajstić information content (AvgIpc) is 2.69. The summed E-state index contributed by atoms with van der Waals surface area (Å²) in [6.45, 7) is 8.50. The molecular formula is C19H34N4O3. The first kappa shape index (κ1) is 19.6. The van der Waals surface area contributed by atoms with Crippen LogP contribution in [0, 0.1) is 5.92 Å². The van der Waals surface area contributed by atoms with Crippen LogP contribution in [-0.2, 0) is 9.59 Å². The van der Waals surface area contributed by atoms with E-state index in [0.717, 1.165) is 71.0 Å². The average molecular weight is 367 g/mol. The quantitative estimate of drug-likeness (QED) is 0.594. The van der Waals surface area contributed by atoms with Crippen LogP contribution in [0.4, 0.5) is 0 Å². The van der Waals surface area contributed by atoms with Crippen molar-refractivity contribution >= 4 is 12.4 Å². The van der Waals surface area contributed by atoms with E-state index >= 15 is 0 Å². The zero-order chi connectivity index (χ0) is 18.6. The fraction of sp³-hybridized carbons (Fsp3) is 0.895. The standard InChI is InChI=1S/C19H34N4O3/c1-15(18(25)26)19(21-14-24)6-2-16(3-7-19)22-10-12-23(13-11-22)17-4-8-20-9-5-17/h14-17,20H,2-13H2,1H3,(H,21,24)(H,25,26)/t15-,16?,19?/m1/s1. The molecule has 2 saturated heterocycles. The lowest BCUT2D eigenvalue weighted by molar-refractivity contribution is -0.145. The third-order valence-electron chi connectivity index (χ3n) is 7.08. The van der Waals surface area contributed by atoms with Gasteiger partial charge in [0.05, 0.1) is 11.5 Å². The van der Waals surface area contributed by atoms with Gasteiger partial charge >= 0.3 is 5.97 Å². The van der Waals surface area contributed by atoms with Gasteiger partial charge in [0, 0.05) is 38.3 Å². The number of piperidine rings is 1. The van der Waals surface area contributed by atoms with Crippen LogP contribution in [0.1, 0.15) is 45.4 Å². The number of amides is 1. The number of hydrogen-bond donors (Lipinski definition) is 3. The number of carboxylic acids is 1. The highest BCUT2D eigenvalue weighted by Gasteiger charge is 2.44. The first-order chi connectivity index (χ1) is 12.6. The number of hydrogen-bond acceptors (Lipinski definition) is 5. The van der Waals surface area contributed by atoms with Crippen LogP contribution in [-0.4, -0.2) is 84.2 Å². The van der Waals surface area contributed by atoms with Crippen molar-refractivity contribution in [1.82, 2.24) is 20.4 Å². The molecule has 1 atom stereocenters. The summed E-state index contributed by atoms with van der Waals surface area (Å²) in [5.41, 5.74) is -0.582. The van der Waals surface area contributed by atoms with Crippen molar-refractivity contribution in [3.05, 3.63) is 0 Å². The Labute approximate surface area is 156 Å². The van der Waals surface area contributed by atoms with Gasteiger partial charge in [-0.25, -0.2) is 0 Å². The number of nitrogens with one attached hydrogen (secondary N) is 2. The molecule has 1 saturated carbocycles. The molecule has 0 bridgehead atoms. The van der Waals surface area contributed by atoms with E-state index in [9.17, 15) is 14.7 Å². The Morgan fingerprint density at radius 2 is 1.58 bits per heavy atom. The Hall–Kier alpha value is -1.18. The summed E-state index contributed by atoms with van der Waals surface area (Å²) >= 11 is 0. The van der Waals surface area contributed by atoms with Crippen LogP contribution in [0.15, 0.2) is 0 Å². The van der Waals surface area contributed by atoms with Crippen LogP contribution in [0.25, 0.3) is 0 Å². The first-order valence-corrected chi connectivity index (χ1v) is 10.2. The summed E-state index contributed by atoms with van der Waals surface area (Å²) in [5.74, 6) is -1.38. The van der Waals surface area contributed by atoms with Crippen LogP contribution in [0.2, 0.25) is 0 Å². The molecule has 3 aliphatic rings. The van der Waals surface area contributed by atoms with Crippen LogP contribution in [0.3, 0.4) is 0 Å². The molecule has 26 heavy (non-hydrogen) atoms. The maximum Gasteiger partial charge on any atom is 0.308 e. The number of carbonyl (C=O) groups is 2. The van der Waals surface area contributed by atoms with Gasteiger partial charge in [0.1, 0.15) is 0 Å². The van der Waals surface area contributed by atoms with Gasteiger partial charge in [0.15, 0.2) is 0 Å². The summed E-state index contributed by atoms with van der Waals surface area (Å²) in [6, 6.07) is 1.26. The molecule has 0 spiro atoms. The molecule has 0 aromatic heterocycles. The Morgan fingerprint density at radius 1 is 1.08 bits per heavy atom. The predicted octanol–water partition coefficient (Wildman–Crippen LogP) is 0.504. The highest BCUT2D eigenvalue weighted by atomic mass is 16.4. The van der Waals surface area contributed by atoms with Crippen LogP contribution < -0.4 is 10.6 Å². The topological polar surface area (TPSA) is 84.9 Å². The Bertz CT molecular complexity index is 479. The molecule has 0 aromatic rings. The van der Waals surface area contributed by atoms with E-state index in [0.29, 0.717) is 12.5 Å². The SMILES string of the molecule is C[C@H](C(=O)O)C1(NC=O)CCC(N2CCN(C3CCNCC3)CC2)CC1. The van der Waals surface area contributed by atoms with E-state index < -0.39 is 17.4 Å². The van der Waals surface area contributed by atoms with Gasteiger partial charge in [-0.3, -0.25) is 19.4 Å². The molecule has 1 aliphatic carbocycles. The third-order valence-corrected chi connectivity index (χ3v) is 7.08. The molecule has 7 heteroatoms. The summed E-state index contributed by atoms with van der Waals surface area (Å²) in [4.78, 5) is 27.8. The molecule has 1 amide bonds. The molecule has 3 N–H and O–H groups in total. The van der Waals surface area contributed by atoms with Gasteiger partial charge in [-0.05, 0) is 58.5 Å². The molecule has 3 fully saturated rings. The van der Waals surface area contributed by atoms with E-state index in [1.165, 1.54) is 12.8 Å². The van der Waals surface area contributed by atoms with Crippen molar-refractivity contribution in [3.63, 3.8) is 0 Å². The molecular weight excluding hydrogens is 332 g/mol. The lowest BCUT2D eigenvalue weighted by atomic mass is 9.71. The number of rotatable bonds is 6. The highest BCUT2D eigenvalue weighted by Crippen LogP contribution is 2.36. The van der Waals surface area contributed by atoms with Gasteiger partial charge in [0.2, 0.25) is 6.41 Å². The summed E-state index contributed by atoms with van der Waals surface area (Å²) in [7, 11) is 0. The van der Waals surface area contributed by atoms with E-state index in [1.807, 2.05) is 0 Å². The maximum absolute atomic E-state index is 11.5. The second kappa shape index (κ2) is 8.67. The third kappa shape index (κ3) is 4.21. The molecule has 2 aliphatic heterocycles. The minimum Gasteiger partial charge on any atom is -0.481 e. The Morgan fingerprint density at radius 3 is 2.04 bits per heavy atom. The Kier molecular flexibility index (Phi) is 6.53. The molecule has 7 nitrogen and oxygen atoms in total. The zero-order valence-electron chi connectivity index (χ0n) is 16.0. The zero-order valence-corrected chi connectivity index (χ0v) is 16.0. The molecule has 0 unspecified atom stereocenters. The minimum absolute atomic E-state index is 0.521. The first-order valence-electron chi connectivity index (χ1n) is 10.2. The second-order valence-corrected chi connectivity index (χ2v) is 8.26.